The summed E-state index contributed by atoms with van der Waals surface area (Å²) in [6, 6.07) is 35.6. The van der Waals surface area contributed by atoms with Gasteiger partial charge in [0, 0.05) is 17.5 Å². The SMILES string of the molecule is O=C1C(=Cc2ccc(N3N=C(c4ccccc4)C[C@H]3c3ccccc3)cc2)C(=O)c2ccccc21. The Balaban J connectivity index is 1.33. The second-order valence-electron chi connectivity index (χ2n) is 8.74. The largest absolute Gasteiger partial charge is 0.288 e. The van der Waals surface area contributed by atoms with Crippen molar-refractivity contribution in [2.75, 3.05) is 5.01 Å². The molecule has 0 N–H and O–H groups in total. The highest BCUT2D eigenvalue weighted by Crippen LogP contribution is 2.37. The average Bonchev–Trinajstić information content (AvgIpc) is 3.47. The number of carbonyl (C=O) groups excluding carboxylic acids is 2. The van der Waals surface area contributed by atoms with Crippen LogP contribution in [0.25, 0.3) is 6.08 Å². The van der Waals surface area contributed by atoms with E-state index in [9.17, 15) is 9.59 Å². The Morgan fingerprint density at radius 1 is 0.686 bits per heavy atom. The number of carbonyl (C=O) groups is 2. The van der Waals surface area contributed by atoms with Gasteiger partial charge in [-0.05, 0) is 34.9 Å². The number of hydrazone groups is 1. The number of hydrogen-bond donors (Lipinski definition) is 0. The van der Waals surface area contributed by atoms with Crippen molar-refractivity contribution in [1.82, 2.24) is 0 Å². The molecule has 1 heterocycles. The van der Waals surface area contributed by atoms with Crippen LogP contribution in [-0.2, 0) is 0 Å². The van der Waals surface area contributed by atoms with E-state index in [0.29, 0.717) is 11.1 Å². The standard InChI is InChI=1S/C31H22N2O2/c34-30-25-13-7-8-14-26(25)31(35)27(30)19-21-15-17-24(18-16-21)33-29(23-11-5-2-6-12-23)20-28(32-33)22-9-3-1-4-10-22/h1-19,29H,20H2/t29-/m0/s1. The summed E-state index contributed by atoms with van der Waals surface area (Å²) < 4.78 is 0. The van der Waals surface area contributed by atoms with Gasteiger partial charge in [-0.15, -0.1) is 0 Å². The summed E-state index contributed by atoms with van der Waals surface area (Å²) in [6.07, 6.45) is 2.49. The molecule has 0 bridgehead atoms. The summed E-state index contributed by atoms with van der Waals surface area (Å²) in [6.45, 7) is 0. The molecule has 0 fully saturated rings. The predicted octanol–water partition coefficient (Wildman–Crippen LogP) is 6.50. The molecule has 0 amide bonds. The maximum atomic E-state index is 12.7. The minimum absolute atomic E-state index is 0.0862. The first-order valence-corrected chi connectivity index (χ1v) is 11.7. The van der Waals surface area contributed by atoms with Gasteiger partial charge in [-0.3, -0.25) is 14.6 Å². The molecule has 0 aromatic heterocycles. The molecule has 0 saturated carbocycles. The Morgan fingerprint density at radius 2 is 1.26 bits per heavy atom. The molecule has 0 radical (unpaired) electrons. The van der Waals surface area contributed by atoms with Crippen molar-refractivity contribution < 1.29 is 9.59 Å². The summed E-state index contributed by atoms with van der Waals surface area (Å²) in [5, 5.41) is 7.06. The number of ketones is 2. The number of hydrogen-bond acceptors (Lipinski definition) is 4. The predicted molar refractivity (Wildman–Crippen MR) is 139 cm³/mol. The van der Waals surface area contributed by atoms with Crippen LogP contribution in [-0.4, -0.2) is 17.3 Å². The van der Waals surface area contributed by atoms with Crippen LogP contribution >= 0.6 is 0 Å². The molecule has 4 nitrogen and oxygen atoms in total. The average molecular weight is 455 g/mol. The molecule has 0 saturated heterocycles. The van der Waals surface area contributed by atoms with Crippen LogP contribution in [0.5, 0.6) is 0 Å². The fourth-order valence-electron chi connectivity index (χ4n) is 4.78. The molecule has 0 unspecified atom stereocenters. The maximum absolute atomic E-state index is 12.7. The first-order chi connectivity index (χ1) is 17.2. The molecule has 4 aromatic carbocycles. The van der Waals surface area contributed by atoms with Crippen molar-refractivity contribution in [2.45, 2.75) is 12.5 Å². The third-order valence-corrected chi connectivity index (χ3v) is 6.58. The van der Waals surface area contributed by atoms with Crippen molar-refractivity contribution in [2.24, 2.45) is 5.10 Å². The molecule has 168 valence electrons. The molecule has 4 heteroatoms. The van der Waals surface area contributed by atoms with E-state index in [1.54, 1.807) is 30.3 Å². The van der Waals surface area contributed by atoms with Crippen LogP contribution in [0, 0.1) is 0 Å². The van der Waals surface area contributed by atoms with Gasteiger partial charge in [0.05, 0.1) is 23.0 Å². The third kappa shape index (κ3) is 3.79. The number of rotatable bonds is 4. The van der Waals surface area contributed by atoms with Gasteiger partial charge in [-0.2, -0.15) is 5.10 Å². The highest BCUT2D eigenvalue weighted by molar-refractivity contribution is 6.41. The number of nitrogens with zero attached hydrogens (tertiary/aromatic N) is 2. The number of anilines is 1. The molecule has 2 aliphatic rings. The van der Waals surface area contributed by atoms with E-state index < -0.39 is 0 Å². The topological polar surface area (TPSA) is 49.7 Å². The van der Waals surface area contributed by atoms with E-state index in [0.717, 1.165) is 28.9 Å². The van der Waals surface area contributed by atoms with E-state index in [1.165, 1.54) is 5.56 Å². The zero-order chi connectivity index (χ0) is 23.8. The summed E-state index contributed by atoms with van der Waals surface area (Å²) >= 11 is 0. The number of Topliss-reactive ketones (excluding diaryl/α,β-unsaturated/α-hetero) is 2. The van der Waals surface area contributed by atoms with Crippen molar-refractivity contribution in [1.29, 1.82) is 0 Å². The molecule has 1 atom stereocenters. The van der Waals surface area contributed by atoms with Crippen LogP contribution in [0.15, 0.2) is 120 Å². The van der Waals surface area contributed by atoms with Crippen molar-refractivity contribution in [3.63, 3.8) is 0 Å². The molecule has 6 rings (SSSR count). The van der Waals surface area contributed by atoms with Crippen LogP contribution < -0.4 is 5.01 Å². The Labute approximate surface area is 203 Å². The van der Waals surface area contributed by atoms with E-state index >= 15 is 0 Å². The Hall–Kier alpha value is -4.57. The summed E-state index contributed by atoms with van der Waals surface area (Å²) in [4.78, 5) is 25.5. The smallest absolute Gasteiger partial charge is 0.197 e. The second-order valence-corrected chi connectivity index (χ2v) is 8.74. The summed E-state index contributed by atoms with van der Waals surface area (Å²) in [7, 11) is 0. The van der Waals surface area contributed by atoms with Gasteiger partial charge in [0.25, 0.3) is 0 Å². The molecular weight excluding hydrogens is 432 g/mol. The van der Waals surface area contributed by atoms with E-state index in [1.807, 2.05) is 48.5 Å². The molecule has 1 aliphatic heterocycles. The lowest BCUT2D eigenvalue weighted by atomic mass is 9.98. The fraction of sp³-hybridized carbons (Fsp3) is 0.0645. The highest BCUT2D eigenvalue weighted by Gasteiger charge is 2.33. The minimum Gasteiger partial charge on any atom is -0.288 e. The van der Waals surface area contributed by atoms with Crippen molar-refractivity contribution >= 4 is 29.0 Å². The Bertz CT molecular complexity index is 1450. The number of benzene rings is 4. The monoisotopic (exact) mass is 454 g/mol. The van der Waals surface area contributed by atoms with Gasteiger partial charge >= 0.3 is 0 Å². The molecular formula is C31H22N2O2. The first-order valence-electron chi connectivity index (χ1n) is 11.7. The lowest BCUT2D eigenvalue weighted by Crippen LogP contribution is -2.18. The molecule has 4 aromatic rings. The fourth-order valence-corrected chi connectivity index (χ4v) is 4.78. The number of allylic oxidation sites excluding steroid dienone is 1. The van der Waals surface area contributed by atoms with E-state index in [-0.39, 0.29) is 23.2 Å². The van der Waals surface area contributed by atoms with Crippen LogP contribution in [0.4, 0.5) is 5.69 Å². The quantitative estimate of drug-likeness (QED) is 0.261. The van der Waals surface area contributed by atoms with Crippen LogP contribution in [0.1, 0.15) is 49.9 Å². The maximum Gasteiger partial charge on any atom is 0.197 e. The third-order valence-electron chi connectivity index (χ3n) is 6.58. The Morgan fingerprint density at radius 3 is 1.89 bits per heavy atom. The van der Waals surface area contributed by atoms with Gasteiger partial charge in [-0.25, -0.2) is 0 Å². The lowest BCUT2D eigenvalue weighted by Gasteiger charge is -2.24. The lowest BCUT2D eigenvalue weighted by molar-refractivity contribution is 0.0990. The van der Waals surface area contributed by atoms with Gasteiger partial charge in [-0.1, -0.05) is 97.1 Å². The highest BCUT2D eigenvalue weighted by atomic mass is 16.2. The number of fused-ring (bicyclic) bond motifs is 1. The first kappa shape index (κ1) is 21.0. The van der Waals surface area contributed by atoms with Gasteiger partial charge in [0.15, 0.2) is 11.6 Å². The van der Waals surface area contributed by atoms with E-state index in [4.69, 9.17) is 5.10 Å². The van der Waals surface area contributed by atoms with Crippen LogP contribution in [0.2, 0.25) is 0 Å². The minimum atomic E-state index is -0.213. The van der Waals surface area contributed by atoms with Crippen molar-refractivity contribution in [3.05, 3.63) is 143 Å². The molecule has 35 heavy (non-hydrogen) atoms. The summed E-state index contributed by atoms with van der Waals surface area (Å²) in [5.41, 5.74) is 6.30. The van der Waals surface area contributed by atoms with Gasteiger partial charge in [0.1, 0.15) is 0 Å². The molecule has 0 spiro atoms. The molecule has 1 aliphatic carbocycles. The van der Waals surface area contributed by atoms with Gasteiger partial charge < -0.3 is 0 Å². The normalized spacial score (nSPS) is 16.9. The van der Waals surface area contributed by atoms with Crippen molar-refractivity contribution in [3.8, 4) is 0 Å². The summed E-state index contributed by atoms with van der Waals surface area (Å²) in [5.74, 6) is -0.425. The van der Waals surface area contributed by atoms with Crippen LogP contribution in [0.3, 0.4) is 0 Å². The van der Waals surface area contributed by atoms with E-state index in [2.05, 4.69) is 41.4 Å². The van der Waals surface area contributed by atoms with Gasteiger partial charge in [0.2, 0.25) is 0 Å². The zero-order valence-corrected chi connectivity index (χ0v) is 19.0. The second kappa shape index (κ2) is 8.65. The zero-order valence-electron chi connectivity index (χ0n) is 19.0. The Kier molecular flexibility index (Phi) is 5.19.